The number of nitrogens with two attached hydrogens (primary N) is 2. The van der Waals surface area contributed by atoms with Crippen molar-refractivity contribution in [3.8, 4) is 5.75 Å². The largest absolute Gasteiger partial charge is 0.497 e. The Labute approximate surface area is 220 Å². The number of carbonyl (C=O) groups excluding carboxylic acids is 3. The van der Waals surface area contributed by atoms with Crippen molar-refractivity contribution >= 4 is 40.6 Å². The predicted molar refractivity (Wildman–Crippen MR) is 144 cm³/mol. The van der Waals surface area contributed by atoms with Gasteiger partial charge in [-0.15, -0.1) is 0 Å². The highest BCUT2D eigenvalue weighted by Gasteiger charge is 2.37. The molecule has 1 saturated carbocycles. The molecule has 0 aliphatic heterocycles. The number of amides is 3. The summed E-state index contributed by atoms with van der Waals surface area (Å²) in [6.07, 6.45) is 3.88. The van der Waals surface area contributed by atoms with Crippen molar-refractivity contribution in [1.29, 1.82) is 0 Å². The third-order valence-electron chi connectivity index (χ3n) is 6.50. The van der Waals surface area contributed by atoms with Gasteiger partial charge in [-0.25, -0.2) is 0 Å². The second kappa shape index (κ2) is 11.0. The number of primary amides is 1. The molecule has 0 spiro atoms. The summed E-state index contributed by atoms with van der Waals surface area (Å²) in [5, 5.41) is 3.15. The summed E-state index contributed by atoms with van der Waals surface area (Å²) in [4.78, 5) is 41.3. The lowest BCUT2D eigenvalue weighted by Crippen LogP contribution is -2.46. The Bertz CT molecular complexity index is 1290. The third kappa shape index (κ3) is 5.59. The normalized spacial score (nSPS) is 14.2. The Morgan fingerprint density at radius 2 is 1.70 bits per heavy atom. The highest BCUT2D eigenvalue weighted by molar-refractivity contribution is 7.09. The summed E-state index contributed by atoms with van der Waals surface area (Å²) < 4.78 is 9.31. The molecule has 1 fully saturated rings. The monoisotopic (exact) mass is 521 g/mol. The molecule has 194 valence electrons. The minimum absolute atomic E-state index is 0.0411. The minimum Gasteiger partial charge on any atom is -0.497 e. The smallest absolute Gasteiger partial charge is 0.273 e. The van der Waals surface area contributed by atoms with Gasteiger partial charge in [0.05, 0.1) is 12.8 Å². The fraction of sp³-hybridized carbons (Fsp3) is 0.333. The van der Waals surface area contributed by atoms with Crippen LogP contribution in [0.15, 0.2) is 42.5 Å². The van der Waals surface area contributed by atoms with Gasteiger partial charge in [0.15, 0.2) is 5.69 Å². The summed E-state index contributed by atoms with van der Waals surface area (Å²) in [5.41, 5.74) is 14.3. The standard InChI is InChI=1S/C27H31N5O4S/c1-15-12-16(2)14-19(13-15)32(27(35)24-21(28)22(25(29)33)31-37-24)23(17-8-10-20(36-3)11-9-17)26(34)30-18-6-4-5-7-18/h8-14,18,23H,4-7,28H2,1-3H3,(H2,29,33)(H,30,34)/t23-/m0/s1. The Morgan fingerprint density at radius 1 is 1.08 bits per heavy atom. The number of ether oxygens (including phenoxy) is 1. The summed E-state index contributed by atoms with van der Waals surface area (Å²) in [6.45, 7) is 3.85. The van der Waals surface area contributed by atoms with E-state index in [0.29, 0.717) is 17.0 Å². The number of aromatic nitrogens is 1. The molecule has 1 heterocycles. The lowest BCUT2D eigenvalue weighted by molar-refractivity contribution is -0.123. The van der Waals surface area contributed by atoms with Crippen molar-refractivity contribution < 1.29 is 19.1 Å². The maximum atomic E-state index is 14.2. The van der Waals surface area contributed by atoms with Gasteiger partial charge < -0.3 is 21.5 Å². The van der Waals surface area contributed by atoms with Crippen LogP contribution in [-0.4, -0.2) is 35.2 Å². The number of rotatable bonds is 8. The first-order valence-electron chi connectivity index (χ1n) is 12.1. The van der Waals surface area contributed by atoms with E-state index in [-0.39, 0.29) is 28.2 Å². The first-order chi connectivity index (χ1) is 17.7. The number of carbonyl (C=O) groups is 3. The number of nitrogens with zero attached hydrogens (tertiary/aromatic N) is 2. The van der Waals surface area contributed by atoms with Crippen molar-refractivity contribution in [3.05, 3.63) is 69.7 Å². The van der Waals surface area contributed by atoms with Crippen LogP contribution in [0.25, 0.3) is 0 Å². The molecule has 0 unspecified atom stereocenters. The Kier molecular flexibility index (Phi) is 7.77. The van der Waals surface area contributed by atoms with Crippen LogP contribution in [0.5, 0.6) is 5.75 Å². The van der Waals surface area contributed by atoms with Gasteiger partial charge in [0.1, 0.15) is 16.7 Å². The first kappa shape index (κ1) is 26.2. The molecular weight excluding hydrogens is 490 g/mol. The zero-order valence-corrected chi connectivity index (χ0v) is 21.9. The summed E-state index contributed by atoms with van der Waals surface area (Å²) >= 11 is 0.789. The second-order valence-electron chi connectivity index (χ2n) is 9.32. The maximum Gasteiger partial charge on any atom is 0.273 e. The number of benzene rings is 2. The number of methoxy groups -OCH3 is 1. The van der Waals surface area contributed by atoms with Gasteiger partial charge in [0.2, 0.25) is 5.91 Å². The van der Waals surface area contributed by atoms with Crippen molar-refractivity contribution in [2.45, 2.75) is 51.6 Å². The van der Waals surface area contributed by atoms with Gasteiger partial charge in [-0.3, -0.25) is 19.3 Å². The molecule has 3 aromatic rings. The molecule has 4 rings (SSSR count). The number of anilines is 2. The quantitative estimate of drug-likeness (QED) is 0.411. The van der Waals surface area contributed by atoms with Crippen LogP contribution >= 0.6 is 11.5 Å². The zero-order chi connectivity index (χ0) is 26.7. The van der Waals surface area contributed by atoms with Crippen LogP contribution in [0.3, 0.4) is 0 Å². The first-order valence-corrected chi connectivity index (χ1v) is 12.9. The molecule has 9 nitrogen and oxygen atoms in total. The van der Waals surface area contributed by atoms with Gasteiger partial charge in [-0.05, 0) is 79.2 Å². The van der Waals surface area contributed by atoms with E-state index in [2.05, 4.69) is 9.69 Å². The van der Waals surface area contributed by atoms with Gasteiger partial charge in [-0.2, -0.15) is 4.37 Å². The van der Waals surface area contributed by atoms with Gasteiger partial charge >= 0.3 is 0 Å². The Hall–Kier alpha value is -3.92. The van der Waals surface area contributed by atoms with Crippen molar-refractivity contribution in [2.75, 3.05) is 17.7 Å². The number of nitrogen functional groups attached to an aromatic ring is 1. The molecule has 0 saturated heterocycles. The molecule has 1 aliphatic rings. The van der Waals surface area contributed by atoms with E-state index in [1.807, 2.05) is 32.0 Å². The van der Waals surface area contributed by atoms with E-state index in [4.69, 9.17) is 16.2 Å². The SMILES string of the molecule is COc1ccc([C@@H](C(=O)NC2CCCC2)N(C(=O)c2snc(C(N)=O)c2N)c2cc(C)cc(C)c2)cc1. The van der Waals surface area contributed by atoms with E-state index < -0.39 is 17.9 Å². The van der Waals surface area contributed by atoms with Crippen molar-refractivity contribution in [1.82, 2.24) is 9.69 Å². The summed E-state index contributed by atoms with van der Waals surface area (Å²) in [7, 11) is 1.56. The number of hydrogen-bond acceptors (Lipinski definition) is 7. The average Bonchev–Trinajstić information content (AvgIpc) is 3.51. The molecule has 37 heavy (non-hydrogen) atoms. The van der Waals surface area contributed by atoms with Gasteiger partial charge in [-0.1, -0.05) is 31.0 Å². The highest BCUT2D eigenvalue weighted by atomic mass is 32.1. The zero-order valence-electron chi connectivity index (χ0n) is 21.1. The van der Waals surface area contributed by atoms with Gasteiger partial charge in [0, 0.05) is 11.7 Å². The van der Waals surface area contributed by atoms with E-state index >= 15 is 0 Å². The van der Waals surface area contributed by atoms with Crippen LogP contribution in [0.1, 0.15) is 68.6 Å². The van der Waals surface area contributed by atoms with Crippen LogP contribution < -0.4 is 26.4 Å². The second-order valence-corrected chi connectivity index (χ2v) is 10.1. The van der Waals surface area contributed by atoms with Crippen LogP contribution in [0.4, 0.5) is 11.4 Å². The van der Waals surface area contributed by atoms with Crippen molar-refractivity contribution in [3.63, 3.8) is 0 Å². The molecule has 5 N–H and O–H groups in total. The number of aryl methyl sites for hydroxylation is 2. The molecule has 1 aromatic heterocycles. The van der Waals surface area contributed by atoms with Crippen LogP contribution in [-0.2, 0) is 4.79 Å². The minimum atomic E-state index is -1.02. The van der Waals surface area contributed by atoms with E-state index in [9.17, 15) is 14.4 Å². The Morgan fingerprint density at radius 3 is 2.24 bits per heavy atom. The molecule has 0 bridgehead atoms. The van der Waals surface area contributed by atoms with Crippen molar-refractivity contribution in [2.24, 2.45) is 5.73 Å². The lowest BCUT2D eigenvalue weighted by atomic mass is 10.0. The number of hydrogen-bond donors (Lipinski definition) is 3. The molecule has 0 radical (unpaired) electrons. The predicted octanol–water partition coefficient (Wildman–Crippen LogP) is 3.90. The fourth-order valence-corrected chi connectivity index (χ4v) is 5.51. The summed E-state index contributed by atoms with van der Waals surface area (Å²) in [5.74, 6) is -1.05. The fourth-order valence-electron chi connectivity index (χ4n) is 4.77. The molecule has 1 atom stereocenters. The topological polar surface area (TPSA) is 141 Å². The Balaban J connectivity index is 1.88. The molecule has 10 heteroatoms. The van der Waals surface area contributed by atoms with E-state index in [1.54, 1.807) is 31.4 Å². The molecule has 2 aromatic carbocycles. The van der Waals surface area contributed by atoms with Crippen LogP contribution in [0, 0.1) is 13.8 Å². The van der Waals surface area contributed by atoms with E-state index in [0.717, 1.165) is 48.3 Å². The lowest BCUT2D eigenvalue weighted by Gasteiger charge is -2.32. The summed E-state index contributed by atoms with van der Waals surface area (Å²) in [6, 6.07) is 11.7. The maximum absolute atomic E-state index is 14.2. The molecular formula is C27H31N5O4S. The molecule has 3 amide bonds. The average molecular weight is 522 g/mol. The van der Waals surface area contributed by atoms with Gasteiger partial charge in [0.25, 0.3) is 11.8 Å². The third-order valence-corrected chi connectivity index (χ3v) is 7.35. The molecule has 1 aliphatic carbocycles. The van der Waals surface area contributed by atoms with E-state index in [1.165, 1.54) is 4.90 Å². The highest BCUT2D eigenvalue weighted by Crippen LogP contribution is 2.35. The van der Waals surface area contributed by atoms with Crippen LogP contribution in [0.2, 0.25) is 0 Å². The number of nitrogens with one attached hydrogen (secondary N) is 1.